The van der Waals surface area contributed by atoms with Crippen LogP contribution in [-0.4, -0.2) is 42.0 Å². The van der Waals surface area contributed by atoms with E-state index in [0.717, 1.165) is 33.8 Å². The third-order valence-electron chi connectivity index (χ3n) is 4.48. The van der Waals surface area contributed by atoms with E-state index in [-0.39, 0.29) is 0 Å². The third-order valence-corrected chi connectivity index (χ3v) is 4.48. The molecular weight excluding hydrogens is 368 g/mol. The molecule has 0 atom stereocenters. The molecule has 142 valence electrons. The zero-order valence-electron chi connectivity index (χ0n) is 15.4. The van der Waals surface area contributed by atoms with Crippen molar-refractivity contribution in [2.24, 2.45) is 0 Å². The van der Waals surface area contributed by atoms with Crippen molar-refractivity contribution in [3.63, 3.8) is 0 Å². The van der Waals surface area contributed by atoms with Gasteiger partial charge in [0.25, 0.3) is 0 Å². The highest BCUT2D eigenvalue weighted by Gasteiger charge is 2.12. The summed E-state index contributed by atoms with van der Waals surface area (Å²) in [4.78, 5) is 13.2. The molecule has 0 saturated carbocycles. The van der Waals surface area contributed by atoms with Crippen LogP contribution >= 0.6 is 0 Å². The normalized spacial score (nSPS) is 10.9. The third kappa shape index (κ3) is 3.25. The highest BCUT2D eigenvalue weighted by Crippen LogP contribution is 2.28. The maximum atomic E-state index is 5.24. The number of aromatic nitrogens is 7. The lowest BCUT2D eigenvalue weighted by atomic mass is 10.1. The van der Waals surface area contributed by atoms with Crippen LogP contribution in [0.3, 0.4) is 0 Å². The Kier molecular flexibility index (Phi) is 4.10. The van der Waals surface area contributed by atoms with Crippen molar-refractivity contribution in [1.82, 2.24) is 34.9 Å². The fraction of sp³-hybridized carbons (Fsp3) is 0.0500. The number of anilines is 2. The molecule has 0 aliphatic heterocycles. The van der Waals surface area contributed by atoms with Gasteiger partial charge in [-0.1, -0.05) is 0 Å². The number of aromatic amines is 1. The minimum Gasteiger partial charge on any atom is -0.497 e. The second-order valence-electron chi connectivity index (χ2n) is 6.27. The van der Waals surface area contributed by atoms with Crippen molar-refractivity contribution in [2.45, 2.75) is 0 Å². The molecule has 0 bridgehead atoms. The molecule has 0 spiro atoms. The molecule has 0 aliphatic rings. The van der Waals surface area contributed by atoms with Gasteiger partial charge in [-0.15, -0.1) is 0 Å². The monoisotopic (exact) mass is 384 g/mol. The Labute approximate surface area is 165 Å². The molecule has 9 heteroatoms. The minimum atomic E-state index is 0.473. The number of benzene rings is 2. The zero-order valence-corrected chi connectivity index (χ0v) is 15.4. The van der Waals surface area contributed by atoms with Crippen molar-refractivity contribution < 1.29 is 4.74 Å². The molecule has 0 fully saturated rings. The first kappa shape index (κ1) is 16.9. The van der Waals surface area contributed by atoms with Crippen LogP contribution in [0.5, 0.6) is 5.75 Å². The summed E-state index contributed by atoms with van der Waals surface area (Å²) in [6, 6.07) is 15.5. The fourth-order valence-corrected chi connectivity index (χ4v) is 3.03. The molecule has 2 N–H and O–H groups in total. The molecule has 9 nitrogen and oxygen atoms in total. The molecule has 0 radical (unpaired) electrons. The smallest absolute Gasteiger partial charge is 0.229 e. The Balaban J connectivity index is 1.49. The number of fused-ring (bicyclic) bond motifs is 1. The van der Waals surface area contributed by atoms with Crippen molar-refractivity contribution in [1.29, 1.82) is 0 Å². The Hall–Kier alpha value is -4.27. The van der Waals surface area contributed by atoms with Gasteiger partial charge in [-0.05, 0) is 48.5 Å². The average molecular weight is 384 g/mol. The van der Waals surface area contributed by atoms with Gasteiger partial charge < -0.3 is 10.1 Å². The van der Waals surface area contributed by atoms with Crippen LogP contribution in [0, 0.1) is 0 Å². The van der Waals surface area contributed by atoms with Gasteiger partial charge in [0.2, 0.25) is 5.95 Å². The van der Waals surface area contributed by atoms with Crippen LogP contribution in [0.4, 0.5) is 11.6 Å². The predicted molar refractivity (Wildman–Crippen MR) is 108 cm³/mol. The lowest BCUT2D eigenvalue weighted by Gasteiger charge is -2.09. The number of methoxy groups -OCH3 is 1. The van der Waals surface area contributed by atoms with Crippen LogP contribution in [-0.2, 0) is 0 Å². The molecule has 3 heterocycles. The van der Waals surface area contributed by atoms with E-state index >= 15 is 0 Å². The standard InChI is InChI=1S/C20H16N8O/c1-29-16-8-2-13(3-9-16)18-17-10-22-27-19(17)26-20(25-18)24-14-4-6-15(7-5-14)28-12-21-11-23-28/h2-12H,1H3,(H2,22,24,25,26,27). The van der Waals surface area contributed by atoms with Crippen LogP contribution < -0.4 is 10.1 Å². The van der Waals surface area contributed by atoms with E-state index in [1.165, 1.54) is 6.33 Å². The quantitative estimate of drug-likeness (QED) is 0.478. The Morgan fingerprint density at radius 2 is 1.83 bits per heavy atom. The van der Waals surface area contributed by atoms with E-state index in [2.05, 4.69) is 30.6 Å². The van der Waals surface area contributed by atoms with Gasteiger partial charge in [-0.25, -0.2) is 14.6 Å². The molecule has 5 rings (SSSR count). The van der Waals surface area contributed by atoms with Gasteiger partial charge in [-0.2, -0.15) is 15.2 Å². The van der Waals surface area contributed by atoms with Gasteiger partial charge in [0.1, 0.15) is 18.4 Å². The second kappa shape index (κ2) is 7.04. The largest absolute Gasteiger partial charge is 0.497 e. The summed E-state index contributed by atoms with van der Waals surface area (Å²) in [5, 5.41) is 15.3. The first-order valence-electron chi connectivity index (χ1n) is 8.88. The second-order valence-corrected chi connectivity index (χ2v) is 6.27. The molecule has 3 aromatic heterocycles. The summed E-state index contributed by atoms with van der Waals surface area (Å²) < 4.78 is 6.94. The fourth-order valence-electron chi connectivity index (χ4n) is 3.03. The van der Waals surface area contributed by atoms with E-state index in [4.69, 9.17) is 9.72 Å². The SMILES string of the molecule is COc1ccc(-c2nc(Nc3ccc(-n4cncn4)cc3)nc3[nH]ncc23)cc1. The summed E-state index contributed by atoms with van der Waals surface area (Å²) in [6.07, 6.45) is 4.88. The van der Waals surface area contributed by atoms with Crippen LogP contribution in [0.1, 0.15) is 0 Å². The maximum absolute atomic E-state index is 5.24. The van der Waals surface area contributed by atoms with Crippen molar-refractivity contribution in [3.8, 4) is 22.7 Å². The summed E-state index contributed by atoms with van der Waals surface area (Å²) in [5.41, 5.74) is 4.16. The lowest BCUT2D eigenvalue weighted by Crippen LogP contribution is -2.00. The predicted octanol–water partition coefficient (Wildman–Crippen LogP) is 3.35. The Morgan fingerprint density at radius 1 is 1.00 bits per heavy atom. The summed E-state index contributed by atoms with van der Waals surface area (Å²) >= 11 is 0. The topological polar surface area (TPSA) is 106 Å². The number of nitrogens with zero attached hydrogens (tertiary/aromatic N) is 6. The highest BCUT2D eigenvalue weighted by molar-refractivity contribution is 5.91. The first-order valence-corrected chi connectivity index (χ1v) is 8.88. The maximum Gasteiger partial charge on any atom is 0.229 e. The number of ether oxygens (including phenoxy) is 1. The molecule has 0 unspecified atom stereocenters. The molecular formula is C20H16N8O. The Morgan fingerprint density at radius 3 is 2.55 bits per heavy atom. The number of rotatable bonds is 5. The van der Waals surface area contributed by atoms with Crippen molar-refractivity contribution in [3.05, 3.63) is 67.4 Å². The number of nitrogens with one attached hydrogen (secondary N) is 2. The average Bonchev–Trinajstić information content (AvgIpc) is 3.46. The van der Waals surface area contributed by atoms with Crippen LogP contribution in [0.2, 0.25) is 0 Å². The Bertz CT molecular complexity index is 1240. The van der Waals surface area contributed by atoms with Gasteiger partial charge in [-0.3, -0.25) is 5.10 Å². The number of hydrogen-bond acceptors (Lipinski definition) is 7. The van der Waals surface area contributed by atoms with Crippen LogP contribution in [0.25, 0.3) is 28.0 Å². The summed E-state index contributed by atoms with van der Waals surface area (Å²) in [6.45, 7) is 0. The van der Waals surface area contributed by atoms with E-state index < -0.39 is 0 Å². The summed E-state index contributed by atoms with van der Waals surface area (Å²) in [5.74, 6) is 1.26. The number of H-pyrrole nitrogens is 1. The molecule has 0 aliphatic carbocycles. The minimum absolute atomic E-state index is 0.473. The van der Waals surface area contributed by atoms with E-state index in [9.17, 15) is 0 Å². The molecule has 5 aromatic rings. The number of hydrogen-bond donors (Lipinski definition) is 2. The highest BCUT2D eigenvalue weighted by atomic mass is 16.5. The van der Waals surface area contributed by atoms with Gasteiger partial charge in [0, 0.05) is 11.3 Å². The van der Waals surface area contributed by atoms with Crippen molar-refractivity contribution in [2.75, 3.05) is 12.4 Å². The zero-order chi connectivity index (χ0) is 19.6. The molecule has 0 amide bonds. The van der Waals surface area contributed by atoms with E-state index in [0.29, 0.717) is 11.6 Å². The van der Waals surface area contributed by atoms with Gasteiger partial charge in [0.05, 0.1) is 30.1 Å². The van der Waals surface area contributed by atoms with Crippen molar-refractivity contribution >= 4 is 22.7 Å². The van der Waals surface area contributed by atoms with Crippen LogP contribution in [0.15, 0.2) is 67.4 Å². The first-order chi connectivity index (χ1) is 14.3. The van der Waals surface area contributed by atoms with E-state index in [1.54, 1.807) is 24.3 Å². The molecule has 29 heavy (non-hydrogen) atoms. The van der Waals surface area contributed by atoms with E-state index in [1.807, 2.05) is 48.5 Å². The molecule has 2 aromatic carbocycles. The molecule has 0 saturated heterocycles. The van der Waals surface area contributed by atoms with Gasteiger partial charge >= 0.3 is 0 Å². The summed E-state index contributed by atoms with van der Waals surface area (Å²) in [7, 11) is 1.64. The van der Waals surface area contributed by atoms with Gasteiger partial charge in [0.15, 0.2) is 5.65 Å². The lowest BCUT2D eigenvalue weighted by molar-refractivity contribution is 0.415.